The van der Waals surface area contributed by atoms with E-state index in [9.17, 15) is 14.4 Å². The molecule has 9 heteroatoms. The molecule has 0 spiro atoms. The number of hydrogen-bond donors (Lipinski definition) is 1. The van der Waals surface area contributed by atoms with Crippen molar-refractivity contribution >= 4 is 45.6 Å². The number of nitrogens with zero attached hydrogens (tertiary/aromatic N) is 2. The Balaban J connectivity index is 1.34. The van der Waals surface area contributed by atoms with E-state index in [0.717, 1.165) is 17.0 Å². The SMILES string of the molecule is COc1cc(Br)cc(C=NN2C(=O)[C@@H]3[C@H](C2=O)[C@H]2C=C[C@H]3C2)c1OCC(=O)Nc1ccc(C)cc1. The molecular formula is C26H24BrN3O5. The van der Waals surface area contributed by atoms with Gasteiger partial charge in [0.15, 0.2) is 18.1 Å². The highest BCUT2D eigenvalue weighted by Gasteiger charge is 2.59. The fourth-order valence-electron chi connectivity index (χ4n) is 5.08. The van der Waals surface area contributed by atoms with Crippen LogP contribution >= 0.6 is 15.9 Å². The van der Waals surface area contributed by atoms with Gasteiger partial charge in [-0.25, -0.2) is 0 Å². The minimum atomic E-state index is -0.345. The van der Waals surface area contributed by atoms with Gasteiger partial charge in [-0.1, -0.05) is 45.8 Å². The van der Waals surface area contributed by atoms with Crippen molar-refractivity contribution < 1.29 is 23.9 Å². The Morgan fingerprint density at radius 3 is 2.43 bits per heavy atom. The zero-order valence-electron chi connectivity index (χ0n) is 19.2. The molecule has 3 amide bonds. The van der Waals surface area contributed by atoms with Gasteiger partial charge in [-0.3, -0.25) is 14.4 Å². The number of benzene rings is 2. The molecule has 1 aliphatic heterocycles. The number of amides is 3. The first-order valence-electron chi connectivity index (χ1n) is 11.3. The van der Waals surface area contributed by atoms with Crippen molar-refractivity contribution in [1.82, 2.24) is 5.01 Å². The van der Waals surface area contributed by atoms with Gasteiger partial charge < -0.3 is 14.8 Å². The monoisotopic (exact) mass is 537 g/mol. The lowest BCUT2D eigenvalue weighted by Gasteiger charge is -2.15. The average Bonchev–Trinajstić information content (AvgIpc) is 3.52. The molecule has 1 heterocycles. The van der Waals surface area contributed by atoms with Gasteiger partial charge in [0.2, 0.25) is 0 Å². The zero-order chi connectivity index (χ0) is 24.7. The fourth-order valence-corrected chi connectivity index (χ4v) is 5.54. The first-order valence-corrected chi connectivity index (χ1v) is 12.1. The maximum atomic E-state index is 12.9. The predicted octanol–water partition coefficient (Wildman–Crippen LogP) is 3.92. The third-order valence-corrected chi connectivity index (χ3v) is 7.17. The summed E-state index contributed by atoms with van der Waals surface area (Å²) in [5.74, 6) is -0.660. The van der Waals surface area contributed by atoms with Crippen molar-refractivity contribution in [2.75, 3.05) is 19.0 Å². The van der Waals surface area contributed by atoms with Gasteiger partial charge in [-0.2, -0.15) is 10.1 Å². The Labute approximate surface area is 211 Å². The molecule has 2 aromatic carbocycles. The Kier molecular flexibility index (Phi) is 6.19. The molecule has 1 saturated heterocycles. The lowest BCUT2D eigenvalue weighted by Crippen LogP contribution is -2.28. The largest absolute Gasteiger partial charge is 0.493 e. The van der Waals surface area contributed by atoms with Crippen LogP contribution < -0.4 is 14.8 Å². The summed E-state index contributed by atoms with van der Waals surface area (Å²) in [6, 6.07) is 10.8. The Bertz CT molecular complexity index is 1230. The Hall–Kier alpha value is -3.46. The van der Waals surface area contributed by atoms with Gasteiger partial charge >= 0.3 is 0 Å². The van der Waals surface area contributed by atoms with Gasteiger partial charge in [0, 0.05) is 15.7 Å². The van der Waals surface area contributed by atoms with Crippen LogP contribution in [-0.4, -0.2) is 42.7 Å². The number of rotatable bonds is 7. The third kappa shape index (κ3) is 4.36. The number of carbonyl (C=O) groups excluding carboxylic acids is 3. The van der Waals surface area contributed by atoms with E-state index in [1.165, 1.54) is 13.3 Å². The normalized spacial score (nSPS) is 24.4. The van der Waals surface area contributed by atoms with Crippen LogP contribution in [-0.2, 0) is 14.4 Å². The van der Waals surface area contributed by atoms with E-state index in [-0.39, 0.29) is 53.7 Å². The molecule has 2 bridgehead atoms. The maximum Gasteiger partial charge on any atom is 0.262 e. The van der Waals surface area contributed by atoms with E-state index in [0.29, 0.717) is 21.5 Å². The summed E-state index contributed by atoms with van der Waals surface area (Å²) in [4.78, 5) is 38.3. The first kappa shape index (κ1) is 23.3. The topological polar surface area (TPSA) is 97.3 Å². The molecule has 4 atom stereocenters. The first-order chi connectivity index (χ1) is 16.9. The number of hydrazone groups is 1. The summed E-state index contributed by atoms with van der Waals surface area (Å²) in [6.07, 6.45) is 6.33. The molecule has 3 aliphatic rings. The number of anilines is 1. The molecule has 1 N–H and O–H groups in total. The third-order valence-electron chi connectivity index (χ3n) is 6.71. The summed E-state index contributed by atoms with van der Waals surface area (Å²) in [6.45, 7) is 1.70. The average molecular weight is 538 g/mol. The quantitative estimate of drug-likeness (QED) is 0.328. The number of carbonyl (C=O) groups is 3. The fraction of sp³-hybridized carbons (Fsp3) is 0.308. The molecule has 5 rings (SSSR count). The van der Waals surface area contributed by atoms with Crippen LogP contribution in [0.4, 0.5) is 5.69 Å². The number of aryl methyl sites for hydroxylation is 1. The van der Waals surface area contributed by atoms with Crippen molar-refractivity contribution in [1.29, 1.82) is 0 Å². The van der Waals surface area contributed by atoms with E-state index in [2.05, 4.69) is 26.3 Å². The number of ether oxygens (including phenoxy) is 2. The van der Waals surface area contributed by atoms with Crippen molar-refractivity contribution in [2.45, 2.75) is 13.3 Å². The Morgan fingerprint density at radius 1 is 1.14 bits per heavy atom. The second-order valence-electron chi connectivity index (χ2n) is 8.96. The maximum absolute atomic E-state index is 12.9. The van der Waals surface area contributed by atoms with Crippen LogP contribution in [0.15, 0.2) is 58.1 Å². The molecular weight excluding hydrogens is 514 g/mol. The van der Waals surface area contributed by atoms with Crippen LogP contribution in [0.3, 0.4) is 0 Å². The molecule has 2 aromatic rings. The second-order valence-corrected chi connectivity index (χ2v) is 9.88. The summed E-state index contributed by atoms with van der Waals surface area (Å²) in [5, 5.41) is 8.00. The lowest BCUT2D eigenvalue weighted by atomic mass is 9.85. The summed E-state index contributed by atoms with van der Waals surface area (Å²) in [7, 11) is 1.49. The highest BCUT2D eigenvalue weighted by molar-refractivity contribution is 9.10. The summed E-state index contributed by atoms with van der Waals surface area (Å²) >= 11 is 3.43. The van der Waals surface area contributed by atoms with E-state index in [1.807, 2.05) is 43.3 Å². The van der Waals surface area contributed by atoms with Crippen molar-refractivity contribution in [3.05, 3.63) is 64.1 Å². The molecule has 8 nitrogen and oxygen atoms in total. The highest BCUT2D eigenvalue weighted by Crippen LogP contribution is 2.52. The van der Waals surface area contributed by atoms with Gasteiger partial charge in [0.05, 0.1) is 25.2 Å². The van der Waals surface area contributed by atoms with Crippen molar-refractivity contribution in [3.8, 4) is 11.5 Å². The van der Waals surface area contributed by atoms with Crippen LogP contribution in [0.2, 0.25) is 0 Å². The molecule has 35 heavy (non-hydrogen) atoms. The minimum absolute atomic E-state index is 0.110. The number of allylic oxidation sites excluding steroid dienone is 2. The Morgan fingerprint density at radius 2 is 1.80 bits per heavy atom. The van der Waals surface area contributed by atoms with Crippen LogP contribution in [0.25, 0.3) is 0 Å². The number of fused-ring (bicyclic) bond motifs is 5. The number of hydrogen-bond acceptors (Lipinski definition) is 6. The number of nitrogens with one attached hydrogen (secondary N) is 1. The smallest absolute Gasteiger partial charge is 0.262 e. The molecule has 0 radical (unpaired) electrons. The number of methoxy groups -OCH3 is 1. The molecule has 1 saturated carbocycles. The molecule has 2 fully saturated rings. The van der Waals surface area contributed by atoms with Gasteiger partial charge in [-0.05, 0) is 49.4 Å². The lowest BCUT2D eigenvalue weighted by molar-refractivity contribution is -0.140. The number of halogens is 1. The standard InChI is InChI=1S/C26H24BrN3O5/c1-14-3-7-19(8-4-14)29-21(31)13-35-24-17(10-18(27)11-20(24)34-2)12-28-30-25(32)22-15-5-6-16(9-15)23(22)26(30)33/h3-8,10-12,15-16,22-23H,9,13H2,1-2H3,(H,29,31)/t15-,16-,22-,23+/m0/s1. The molecule has 2 aliphatic carbocycles. The van der Waals surface area contributed by atoms with Gasteiger partial charge in [0.25, 0.3) is 17.7 Å². The zero-order valence-corrected chi connectivity index (χ0v) is 20.8. The predicted molar refractivity (Wildman–Crippen MR) is 133 cm³/mol. The summed E-state index contributed by atoms with van der Waals surface area (Å²) < 4.78 is 11.9. The van der Waals surface area contributed by atoms with Crippen molar-refractivity contribution in [2.24, 2.45) is 28.8 Å². The molecule has 0 aromatic heterocycles. The van der Waals surface area contributed by atoms with Gasteiger partial charge in [-0.15, -0.1) is 0 Å². The highest BCUT2D eigenvalue weighted by atomic mass is 79.9. The van der Waals surface area contributed by atoms with Crippen molar-refractivity contribution in [3.63, 3.8) is 0 Å². The van der Waals surface area contributed by atoms with Crippen LogP contribution in [0.5, 0.6) is 11.5 Å². The number of imide groups is 1. The molecule has 180 valence electrons. The second kappa shape index (κ2) is 9.30. The van der Waals surface area contributed by atoms with Crippen LogP contribution in [0.1, 0.15) is 17.5 Å². The van der Waals surface area contributed by atoms with E-state index < -0.39 is 0 Å². The van der Waals surface area contributed by atoms with E-state index >= 15 is 0 Å². The minimum Gasteiger partial charge on any atom is -0.493 e. The van der Waals surface area contributed by atoms with Crippen LogP contribution in [0, 0.1) is 30.6 Å². The van der Waals surface area contributed by atoms with E-state index in [4.69, 9.17) is 9.47 Å². The molecule has 0 unspecified atom stereocenters. The van der Waals surface area contributed by atoms with Gasteiger partial charge in [0.1, 0.15) is 0 Å². The van der Waals surface area contributed by atoms with E-state index in [1.54, 1.807) is 12.1 Å². The summed E-state index contributed by atoms with van der Waals surface area (Å²) in [5.41, 5.74) is 2.21.